The van der Waals surface area contributed by atoms with Crippen LogP contribution in [0.1, 0.15) is 37.0 Å². The van der Waals surface area contributed by atoms with E-state index in [1.54, 1.807) is 13.8 Å². The van der Waals surface area contributed by atoms with E-state index < -0.39 is 23.1 Å². The van der Waals surface area contributed by atoms with Gasteiger partial charge in [-0.1, -0.05) is 0 Å². The number of halogens is 3. The summed E-state index contributed by atoms with van der Waals surface area (Å²) in [6.45, 7) is 3.63. The summed E-state index contributed by atoms with van der Waals surface area (Å²) in [4.78, 5) is 0. The van der Waals surface area contributed by atoms with Crippen LogP contribution in [0.2, 0.25) is 0 Å². The molecule has 0 saturated carbocycles. The van der Waals surface area contributed by atoms with Gasteiger partial charge in [0.2, 0.25) is 0 Å². The molecule has 0 aliphatic heterocycles. The number of alkyl halides is 3. The molecule has 0 spiro atoms. The van der Waals surface area contributed by atoms with Crippen LogP contribution in [0, 0.1) is 0 Å². The number of nitrogens with one attached hydrogen (secondary N) is 1. The van der Waals surface area contributed by atoms with Crippen LogP contribution in [0.15, 0.2) is 18.2 Å². The minimum absolute atomic E-state index is 0.234. The molecule has 3 N–H and O–H groups in total. The fourth-order valence-electron chi connectivity index (χ4n) is 3.05. The lowest BCUT2D eigenvalue weighted by atomic mass is 10.0. The summed E-state index contributed by atoms with van der Waals surface area (Å²) >= 11 is 0. The number of phenols is 1. The van der Waals surface area contributed by atoms with Gasteiger partial charge in [0.25, 0.3) is 0 Å². The number of aromatic nitrogens is 2. The molecule has 0 radical (unpaired) electrons. The molecule has 0 saturated heterocycles. The lowest BCUT2D eigenvalue weighted by molar-refractivity contribution is -0.137. The monoisotopic (exact) mass is 367 g/mol. The third-order valence-electron chi connectivity index (χ3n) is 4.31. The first kappa shape index (κ1) is 18.4. The molecule has 140 valence electrons. The van der Waals surface area contributed by atoms with Crippen molar-refractivity contribution in [1.82, 2.24) is 10.2 Å². The Morgan fingerprint density at radius 3 is 2.42 bits per heavy atom. The zero-order valence-electron chi connectivity index (χ0n) is 14.5. The van der Waals surface area contributed by atoms with Crippen LogP contribution < -0.4 is 5.32 Å². The van der Waals surface area contributed by atoms with E-state index in [4.69, 9.17) is 0 Å². The fraction of sp³-hybridized carbons (Fsp3) is 0.444. The topological polar surface area (TPSA) is 78.3 Å². The summed E-state index contributed by atoms with van der Waals surface area (Å²) < 4.78 is 38.4. The first-order valence-corrected chi connectivity index (χ1v) is 8.31. The lowest BCUT2D eigenvalue weighted by Gasteiger charge is -2.20. The Labute approximate surface area is 148 Å². The van der Waals surface area contributed by atoms with Gasteiger partial charge in [-0.2, -0.15) is 13.2 Å². The molecule has 5 nitrogen and oxygen atoms in total. The van der Waals surface area contributed by atoms with Gasteiger partial charge in [-0.05, 0) is 56.9 Å². The van der Waals surface area contributed by atoms with E-state index in [2.05, 4.69) is 15.5 Å². The predicted octanol–water partition coefficient (Wildman–Crippen LogP) is 3.54. The van der Waals surface area contributed by atoms with Crippen molar-refractivity contribution in [3.8, 4) is 17.0 Å². The first-order chi connectivity index (χ1) is 12.1. The first-order valence-electron chi connectivity index (χ1n) is 8.31. The van der Waals surface area contributed by atoms with Crippen LogP contribution >= 0.6 is 0 Å². The maximum atomic E-state index is 12.8. The number of hydrogen-bond donors (Lipinski definition) is 3. The second-order valence-corrected chi connectivity index (χ2v) is 7.10. The highest BCUT2D eigenvalue weighted by atomic mass is 19.4. The predicted molar refractivity (Wildman–Crippen MR) is 90.9 cm³/mol. The van der Waals surface area contributed by atoms with Crippen molar-refractivity contribution in [3.63, 3.8) is 0 Å². The number of aliphatic hydroxyl groups is 1. The fourth-order valence-corrected chi connectivity index (χ4v) is 3.05. The normalized spacial score (nSPS) is 14.4. The van der Waals surface area contributed by atoms with Crippen LogP contribution in [-0.4, -0.2) is 32.6 Å². The van der Waals surface area contributed by atoms with Crippen LogP contribution in [0.4, 0.5) is 19.0 Å². The average molecular weight is 367 g/mol. The van der Waals surface area contributed by atoms with E-state index in [9.17, 15) is 23.4 Å². The average Bonchev–Trinajstić information content (AvgIpc) is 3.01. The molecule has 1 aliphatic rings. The quantitative estimate of drug-likeness (QED) is 0.770. The smallest absolute Gasteiger partial charge is 0.416 e. The number of benzene rings is 1. The van der Waals surface area contributed by atoms with Crippen molar-refractivity contribution in [1.29, 1.82) is 0 Å². The highest BCUT2D eigenvalue weighted by molar-refractivity contribution is 5.73. The van der Waals surface area contributed by atoms with Gasteiger partial charge in [0.05, 0.1) is 11.2 Å². The van der Waals surface area contributed by atoms with Crippen LogP contribution in [0.3, 0.4) is 0 Å². The largest absolute Gasteiger partial charge is 0.507 e. The maximum Gasteiger partial charge on any atom is 0.416 e. The summed E-state index contributed by atoms with van der Waals surface area (Å²) in [5.41, 5.74) is 0.603. The van der Waals surface area contributed by atoms with Gasteiger partial charge in [-0.15, -0.1) is 10.2 Å². The van der Waals surface area contributed by atoms with Crippen LogP contribution in [0.25, 0.3) is 11.3 Å². The van der Waals surface area contributed by atoms with Gasteiger partial charge in [-0.25, -0.2) is 0 Å². The number of phenolic OH excluding ortho intramolecular Hbond substituents is 1. The molecule has 26 heavy (non-hydrogen) atoms. The molecule has 1 aromatic carbocycles. The zero-order valence-corrected chi connectivity index (χ0v) is 14.5. The number of anilines is 1. The molecule has 0 unspecified atom stereocenters. The van der Waals surface area contributed by atoms with Crippen molar-refractivity contribution >= 4 is 5.82 Å². The Balaban J connectivity index is 1.99. The standard InChI is InChI=1S/C18H20F3N3O2/c1-17(2,26)9-22-16-12-5-3-4-11(12)15(23-24-16)13-7-6-10(8-14(13)25)18(19,20)21/h6-8,25-26H,3-5,9H2,1-2H3,(H,22,24). The van der Waals surface area contributed by atoms with Crippen molar-refractivity contribution in [2.24, 2.45) is 0 Å². The highest BCUT2D eigenvalue weighted by Crippen LogP contribution is 2.40. The lowest BCUT2D eigenvalue weighted by Crippen LogP contribution is -2.30. The highest BCUT2D eigenvalue weighted by Gasteiger charge is 2.32. The van der Waals surface area contributed by atoms with E-state index in [0.717, 1.165) is 30.0 Å². The molecule has 1 aliphatic carbocycles. The van der Waals surface area contributed by atoms with E-state index in [1.165, 1.54) is 6.07 Å². The second-order valence-electron chi connectivity index (χ2n) is 7.10. The number of fused-ring (bicyclic) bond motifs is 1. The zero-order chi connectivity index (χ0) is 19.1. The summed E-state index contributed by atoms with van der Waals surface area (Å²) in [6.07, 6.45) is -2.19. The number of nitrogens with zero attached hydrogens (tertiary/aromatic N) is 2. The third kappa shape index (κ3) is 3.75. The molecule has 3 rings (SSSR count). The molecule has 0 atom stereocenters. The Morgan fingerprint density at radius 1 is 1.12 bits per heavy atom. The number of rotatable bonds is 4. The Kier molecular flexibility index (Phi) is 4.56. The molecule has 8 heteroatoms. The minimum Gasteiger partial charge on any atom is -0.507 e. The minimum atomic E-state index is -4.52. The molecule has 2 aromatic rings. The SMILES string of the molecule is CC(C)(O)CNc1nnc(-c2ccc(C(F)(F)F)cc2O)c2c1CCC2. The summed E-state index contributed by atoms with van der Waals surface area (Å²) in [5, 5.41) is 31.3. The Bertz CT molecular complexity index is 830. The molecule has 0 fully saturated rings. The number of aromatic hydroxyl groups is 1. The molecule has 0 amide bonds. The van der Waals surface area contributed by atoms with Gasteiger partial charge >= 0.3 is 6.18 Å². The van der Waals surface area contributed by atoms with Gasteiger partial charge in [0.1, 0.15) is 11.4 Å². The molecule has 1 aromatic heterocycles. The Hall–Kier alpha value is -2.35. The summed E-state index contributed by atoms with van der Waals surface area (Å²) in [7, 11) is 0. The Morgan fingerprint density at radius 2 is 1.81 bits per heavy atom. The van der Waals surface area contributed by atoms with Crippen molar-refractivity contribution < 1.29 is 23.4 Å². The van der Waals surface area contributed by atoms with Gasteiger partial charge < -0.3 is 15.5 Å². The van der Waals surface area contributed by atoms with E-state index in [-0.39, 0.29) is 5.56 Å². The molecule has 1 heterocycles. The summed E-state index contributed by atoms with van der Waals surface area (Å²) in [6, 6.07) is 2.86. The molecular weight excluding hydrogens is 347 g/mol. The van der Waals surface area contributed by atoms with E-state index in [1.807, 2.05) is 0 Å². The van der Waals surface area contributed by atoms with Gasteiger partial charge in [-0.3, -0.25) is 0 Å². The molecule has 0 bridgehead atoms. The summed E-state index contributed by atoms with van der Waals surface area (Å²) in [5.74, 6) is 0.0928. The molecular formula is C18H20F3N3O2. The van der Waals surface area contributed by atoms with Crippen molar-refractivity contribution in [2.75, 3.05) is 11.9 Å². The third-order valence-corrected chi connectivity index (χ3v) is 4.31. The van der Waals surface area contributed by atoms with Crippen LogP contribution in [-0.2, 0) is 19.0 Å². The van der Waals surface area contributed by atoms with E-state index in [0.29, 0.717) is 30.5 Å². The van der Waals surface area contributed by atoms with Crippen molar-refractivity contribution in [2.45, 2.75) is 44.9 Å². The van der Waals surface area contributed by atoms with Gasteiger partial charge in [0, 0.05) is 17.7 Å². The van der Waals surface area contributed by atoms with Crippen molar-refractivity contribution in [3.05, 3.63) is 34.9 Å². The number of hydrogen-bond acceptors (Lipinski definition) is 5. The van der Waals surface area contributed by atoms with E-state index >= 15 is 0 Å². The van der Waals surface area contributed by atoms with Gasteiger partial charge in [0.15, 0.2) is 5.82 Å². The maximum absolute atomic E-state index is 12.8. The second kappa shape index (κ2) is 6.42. The van der Waals surface area contributed by atoms with Crippen LogP contribution in [0.5, 0.6) is 5.75 Å².